The topological polar surface area (TPSA) is 100 Å². The summed E-state index contributed by atoms with van der Waals surface area (Å²) in [6, 6.07) is 33.8. The Balaban J connectivity index is 1.29. The summed E-state index contributed by atoms with van der Waals surface area (Å²) in [6.07, 6.45) is -0.821. The number of hydrogen-bond acceptors (Lipinski definition) is 6. The Morgan fingerprint density at radius 3 is 2.16 bits per heavy atom. The van der Waals surface area contributed by atoms with E-state index in [0.717, 1.165) is 44.7 Å². The largest absolute Gasteiger partial charge is 0.396 e. The van der Waals surface area contributed by atoms with Crippen molar-refractivity contribution < 1.29 is 24.5 Å². The van der Waals surface area contributed by atoms with Crippen LogP contribution in [0.4, 0.5) is 4.79 Å². The van der Waals surface area contributed by atoms with Gasteiger partial charge in [0.15, 0.2) is 6.29 Å². The molecule has 230 valence electrons. The van der Waals surface area contributed by atoms with Gasteiger partial charge < -0.3 is 30.3 Å². The molecule has 44 heavy (non-hydrogen) atoms. The van der Waals surface area contributed by atoms with E-state index in [1.807, 2.05) is 78.9 Å². The molecule has 0 unspecified atom stereocenters. The van der Waals surface area contributed by atoms with Crippen LogP contribution in [0.3, 0.4) is 0 Å². The molecule has 2 amide bonds. The van der Waals surface area contributed by atoms with Crippen LogP contribution >= 0.6 is 11.8 Å². The molecule has 0 aliphatic carbocycles. The normalized spacial score (nSPS) is 19.8. The zero-order valence-electron chi connectivity index (χ0n) is 24.9. The molecule has 0 bridgehead atoms. The lowest BCUT2D eigenvalue weighted by molar-refractivity contribution is -0.268. The van der Waals surface area contributed by atoms with E-state index in [1.54, 1.807) is 11.8 Å². The number of rotatable bonds is 12. The summed E-state index contributed by atoms with van der Waals surface area (Å²) in [7, 11) is 0. The first-order chi connectivity index (χ1) is 21.5. The van der Waals surface area contributed by atoms with E-state index in [9.17, 15) is 15.0 Å². The predicted octanol–water partition coefficient (Wildman–Crippen LogP) is 6.36. The van der Waals surface area contributed by atoms with Crippen LogP contribution in [-0.2, 0) is 29.2 Å². The van der Waals surface area contributed by atoms with Crippen molar-refractivity contribution in [1.29, 1.82) is 0 Å². The molecule has 1 aliphatic heterocycles. The van der Waals surface area contributed by atoms with Gasteiger partial charge >= 0.3 is 6.03 Å². The molecular weight excluding hydrogens is 572 g/mol. The van der Waals surface area contributed by atoms with Gasteiger partial charge in [0.05, 0.1) is 25.4 Å². The highest BCUT2D eigenvalue weighted by Crippen LogP contribution is 2.43. The van der Waals surface area contributed by atoms with Gasteiger partial charge in [-0.15, -0.1) is 0 Å². The number of benzene rings is 4. The van der Waals surface area contributed by atoms with Crippen molar-refractivity contribution in [3.05, 3.63) is 131 Å². The van der Waals surface area contributed by atoms with E-state index in [1.165, 1.54) is 0 Å². The quantitative estimate of drug-likeness (QED) is 0.139. The summed E-state index contributed by atoms with van der Waals surface area (Å²) in [5, 5.41) is 24.7. The first-order valence-electron chi connectivity index (χ1n) is 15.0. The Morgan fingerprint density at radius 1 is 0.750 bits per heavy atom. The molecule has 0 radical (unpaired) electrons. The third-order valence-electron chi connectivity index (χ3n) is 7.81. The molecule has 7 nitrogen and oxygen atoms in total. The average Bonchev–Trinajstić information content (AvgIpc) is 3.08. The Labute approximate surface area is 263 Å². The standard InChI is InChI=1S/C36H40N2O5S/c1-25-33(24-44-18-17-39)42-35(43-34(25)29-15-13-27(23-40)14-16-29)32-12-6-11-31(20-32)30-10-5-9-28(19-30)22-38-36(41)37-21-26-7-3-2-4-8-26/h2-16,19-20,25,33-35,39-40H,17-18,21-24H2,1H3,(H2,37,38,41)/t25-,33+,34+,35+/m1/s1. The highest BCUT2D eigenvalue weighted by atomic mass is 32.2. The number of aliphatic hydroxyl groups is 2. The van der Waals surface area contributed by atoms with E-state index in [4.69, 9.17) is 9.47 Å². The van der Waals surface area contributed by atoms with Gasteiger partial charge in [-0.1, -0.05) is 97.9 Å². The molecule has 1 fully saturated rings. The van der Waals surface area contributed by atoms with Crippen LogP contribution in [0.1, 0.15) is 47.1 Å². The zero-order valence-corrected chi connectivity index (χ0v) is 25.7. The van der Waals surface area contributed by atoms with Crippen molar-refractivity contribution in [3.63, 3.8) is 0 Å². The van der Waals surface area contributed by atoms with E-state index in [0.29, 0.717) is 18.8 Å². The second-order valence-corrected chi connectivity index (χ2v) is 12.1. The highest BCUT2D eigenvalue weighted by Gasteiger charge is 2.38. The van der Waals surface area contributed by atoms with Gasteiger partial charge in [-0.05, 0) is 45.5 Å². The number of amides is 2. The first kappa shape index (κ1) is 31.8. The van der Waals surface area contributed by atoms with Crippen molar-refractivity contribution in [2.24, 2.45) is 5.92 Å². The predicted molar refractivity (Wildman–Crippen MR) is 175 cm³/mol. The van der Waals surface area contributed by atoms with Crippen molar-refractivity contribution in [2.75, 3.05) is 18.1 Å². The third kappa shape index (κ3) is 8.49. The Hall–Kier alpha value is -3.66. The van der Waals surface area contributed by atoms with Crippen LogP contribution in [0.15, 0.2) is 103 Å². The number of hydrogen-bond donors (Lipinski definition) is 4. The minimum Gasteiger partial charge on any atom is -0.396 e. The van der Waals surface area contributed by atoms with Crippen LogP contribution in [0.5, 0.6) is 0 Å². The maximum Gasteiger partial charge on any atom is 0.315 e. The van der Waals surface area contributed by atoms with Gasteiger partial charge in [-0.25, -0.2) is 4.79 Å². The molecule has 5 rings (SSSR count). The summed E-state index contributed by atoms with van der Waals surface area (Å²) in [4.78, 5) is 12.4. The zero-order chi connectivity index (χ0) is 30.7. The number of carbonyl (C=O) groups excluding carboxylic acids is 1. The van der Waals surface area contributed by atoms with Crippen molar-refractivity contribution in [1.82, 2.24) is 10.6 Å². The molecule has 1 heterocycles. The molecule has 4 N–H and O–H groups in total. The summed E-state index contributed by atoms with van der Waals surface area (Å²) in [6.45, 7) is 3.15. The number of carbonyl (C=O) groups is 1. The highest BCUT2D eigenvalue weighted by molar-refractivity contribution is 7.99. The van der Waals surface area contributed by atoms with Crippen LogP contribution in [-0.4, -0.2) is 40.5 Å². The van der Waals surface area contributed by atoms with E-state index >= 15 is 0 Å². The second-order valence-electron chi connectivity index (χ2n) is 11.0. The molecule has 0 saturated carbocycles. The monoisotopic (exact) mass is 612 g/mol. The van der Waals surface area contributed by atoms with E-state index < -0.39 is 6.29 Å². The van der Waals surface area contributed by atoms with Gasteiger partial charge in [-0.2, -0.15) is 11.8 Å². The lowest BCUT2D eigenvalue weighted by Crippen LogP contribution is -2.38. The first-order valence-corrected chi connectivity index (χ1v) is 16.1. The fourth-order valence-corrected chi connectivity index (χ4v) is 6.23. The van der Waals surface area contributed by atoms with E-state index in [2.05, 4.69) is 41.8 Å². The van der Waals surface area contributed by atoms with Gasteiger partial charge in [0, 0.05) is 36.1 Å². The van der Waals surface area contributed by atoms with Gasteiger partial charge in [0.2, 0.25) is 0 Å². The molecule has 0 aromatic heterocycles. The molecule has 4 aromatic carbocycles. The second kappa shape index (κ2) is 15.9. The maximum absolute atomic E-state index is 12.4. The Bertz CT molecular complexity index is 1480. The minimum absolute atomic E-state index is 0.000964. The number of thioether (sulfide) groups is 1. The number of ether oxygens (including phenoxy) is 2. The summed E-state index contributed by atoms with van der Waals surface area (Å²) in [5.74, 6) is 1.50. The van der Waals surface area contributed by atoms with Gasteiger partial charge in [0.25, 0.3) is 0 Å². The molecule has 1 saturated heterocycles. The van der Waals surface area contributed by atoms with Crippen molar-refractivity contribution in [2.45, 2.75) is 45.1 Å². The minimum atomic E-state index is -0.563. The SMILES string of the molecule is C[C@@H]1[C@H](CSCCO)O[C@H](c2cccc(-c3cccc(CNC(=O)NCc4ccccc4)c3)c2)O[C@@H]1c1ccc(CO)cc1. The maximum atomic E-state index is 12.4. The van der Waals surface area contributed by atoms with Gasteiger partial charge in [0.1, 0.15) is 0 Å². The fourth-order valence-electron chi connectivity index (χ4n) is 5.32. The van der Waals surface area contributed by atoms with Gasteiger partial charge in [-0.3, -0.25) is 0 Å². The lowest BCUT2D eigenvalue weighted by atomic mass is 9.91. The Morgan fingerprint density at radius 2 is 1.43 bits per heavy atom. The third-order valence-corrected chi connectivity index (χ3v) is 8.84. The van der Waals surface area contributed by atoms with Crippen molar-refractivity contribution in [3.8, 4) is 11.1 Å². The molecule has 1 aliphatic rings. The van der Waals surface area contributed by atoms with E-state index in [-0.39, 0.29) is 37.4 Å². The number of aliphatic hydroxyl groups excluding tert-OH is 2. The summed E-state index contributed by atoms with van der Waals surface area (Å²) >= 11 is 1.68. The van der Waals surface area contributed by atoms with Crippen LogP contribution in [0.25, 0.3) is 11.1 Å². The molecule has 4 aromatic rings. The van der Waals surface area contributed by atoms with Crippen LogP contribution in [0.2, 0.25) is 0 Å². The molecule has 4 atom stereocenters. The molecule has 0 spiro atoms. The van der Waals surface area contributed by atoms with Crippen molar-refractivity contribution >= 4 is 17.8 Å². The molecular formula is C36H40N2O5S. The van der Waals surface area contributed by atoms with Crippen LogP contribution in [0, 0.1) is 5.92 Å². The fraction of sp³-hybridized carbons (Fsp3) is 0.306. The number of urea groups is 1. The average molecular weight is 613 g/mol. The smallest absolute Gasteiger partial charge is 0.315 e. The Kier molecular flexibility index (Phi) is 11.5. The molecule has 8 heteroatoms. The summed E-state index contributed by atoms with van der Waals surface area (Å²) < 4.78 is 13.2. The summed E-state index contributed by atoms with van der Waals surface area (Å²) in [5.41, 5.74) is 6.93. The van der Waals surface area contributed by atoms with Crippen LogP contribution < -0.4 is 10.6 Å². The number of nitrogens with one attached hydrogen (secondary N) is 2. The lowest BCUT2D eigenvalue weighted by Gasteiger charge is -2.41.